The number of ether oxygens (including phenoxy) is 1. The monoisotopic (exact) mass is 523 g/mol. The van der Waals surface area contributed by atoms with E-state index in [0.29, 0.717) is 41.7 Å². The van der Waals surface area contributed by atoms with E-state index in [9.17, 15) is 5.26 Å². The Bertz CT molecular complexity index is 1510. The third kappa shape index (κ3) is 6.30. The van der Waals surface area contributed by atoms with Gasteiger partial charge in [0, 0.05) is 25.3 Å². The van der Waals surface area contributed by atoms with Crippen molar-refractivity contribution in [3.8, 4) is 28.7 Å². The van der Waals surface area contributed by atoms with Crippen molar-refractivity contribution in [3.05, 3.63) is 66.0 Å². The van der Waals surface area contributed by atoms with Crippen LogP contribution in [-0.2, 0) is 20.9 Å². The number of hydrogen-bond donors (Lipinski definition) is 1. The lowest BCUT2D eigenvalue weighted by atomic mass is 10.1. The molecule has 1 atom stereocenters. The van der Waals surface area contributed by atoms with Crippen molar-refractivity contribution in [3.63, 3.8) is 0 Å². The summed E-state index contributed by atoms with van der Waals surface area (Å²) in [6, 6.07) is 17.7. The van der Waals surface area contributed by atoms with Gasteiger partial charge in [0.15, 0.2) is 0 Å². The smallest absolute Gasteiger partial charge is 0.373 e. The fourth-order valence-corrected chi connectivity index (χ4v) is 4.31. The minimum atomic E-state index is 0.152. The van der Waals surface area contributed by atoms with Crippen molar-refractivity contribution in [2.75, 3.05) is 36.5 Å². The second kappa shape index (κ2) is 12.0. The number of rotatable bonds is 7. The standard InChI is InChI=1S/C26H25N9O.CO2/c27-14-18-4-1-5-19(12-18)22-13-23(31-26(30-22)29-21-8-11-36-17-21)24-16-35(33-32-24)15-20-6-2-7-25(28-20)34-9-3-10-34;2-1-3/h1-2,4-7,12-13,16,21H,3,8-11,15,17H2,(H,29,30,31);/t21-;/m0./s1. The summed E-state index contributed by atoms with van der Waals surface area (Å²) in [4.78, 5) is 32.8. The molecular weight excluding hydrogens is 498 g/mol. The van der Waals surface area contributed by atoms with E-state index in [-0.39, 0.29) is 12.2 Å². The van der Waals surface area contributed by atoms with Gasteiger partial charge in [0.05, 0.1) is 54.1 Å². The molecule has 1 N–H and O–H groups in total. The van der Waals surface area contributed by atoms with Crippen LogP contribution in [0, 0.1) is 11.3 Å². The van der Waals surface area contributed by atoms with Gasteiger partial charge in [-0.25, -0.2) is 19.6 Å². The Morgan fingerprint density at radius 2 is 1.85 bits per heavy atom. The molecule has 2 fully saturated rings. The molecule has 1 aromatic carbocycles. The summed E-state index contributed by atoms with van der Waals surface area (Å²) in [5, 5.41) is 21.4. The zero-order valence-corrected chi connectivity index (χ0v) is 21.0. The van der Waals surface area contributed by atoms with Crippen LogP contribution in [0.25, 0.3) is 22.6 Å². The average Bonchev–Trinajstić information content (AvgIpc) is 3.61. The first-order valence-electron chi connectivity index (χ1n) is 12.5. The summed E-state index contributed by atoms with van der Waals surface area (Å²) in [5.41, 5.74) is 4.33. The van der Waals surface area contributed by atoms with Crippen LogP contribution >= 0.6 is 0 Å². The molecule has 2 aliphatic rings. The maximum atomic E-state index is 9.34. The van der Waals surface area contributed by atoms with E-state index in [2.05, 4.69) is 26.6 Å². The SMILES string of the molecule is N#Cc1cccc(-c2cc(-c3cn(Cc4cccc(N5CCC5)n4)nn3)nc(N[C@H]3CCOC3)n2)c1.O=C=O. The molecule has 0 aliphatic carbocycles. The van der Waals surface area contributed by atoms with Crippen LogP contribution < -0.4 is 10.2 Å². The van der Waals surface area contributed by atoms with Crippen molar-refractivity contribution < 1.29 is 14.3 Å². The molecule has 0 bridgehead atoms. The highest BCUT2D eigenvalue weighted by Gasteiger charge is 2.19. The molecule has 2 aliphatic heterocycles. The molecule has 39 heavy (non-hydrogen) atoms. The average molecular weight is 524 g/mol. The van der Waals surface area contributed by atoms with Gasteiger partial charge in [0.25, 0.3) is 0 Å². The van der Waals surface area contributed by atoms with Crippen molar-refractivity contribution in [1.29, 1.82) is 5.26 Å². The van der Waals surface area contributed by atoms with Gasteiger partial charge in [-0.05, 0) is 43.2 Å². The quantitative estimate of drug-likeness (QED) is 0.380. The molecule has 3 aromatic heterocycles. The lowest BCUT2D eigenvalue weighted by Crippen LogP contribution is -2.37. The van der Waals surface area contributed by atoms with Gasteiger partial charge in [-0.15, -0.1) is 5.10 Å². The lowest BCUT2D eigenvalue weighted by Gasteiger charge is -2.32. The molecule has 0 saturated carbocycles. The largest absolute Gasteiger partial charge is 0.379 e. The minimum Gasteiger partial charge on any atom is -0.379 e. The maximum absolute atomic E-state index is 9.34. The molecule has 12 nitrogen and oxygen atoms in total. The van der Waals surface area contributed by atoms with Gasteiger partial charge >= 0.3 is 6.15 Å². The van der Waals surface area contributed by atoms with E-state index in [0.717, 1.165) is 43.2 Å². The van der Waals surface area contributed by atoms with Gasteiger partial charge < -0.3 is 15.0 Å². The zero-order chi connectivity index (χ0) is 27.0. The zero-order valence-electron chi connectivity index (χ0n) is 21.0. The summed E-state index contributed by atoms with van der Waals surface area (Å²) in [6.07, 6.45) is 4.23. The first kappa shape index (κ1) is 25.7. The molecule has 0 amide bonds. The van der Waals surface area contributed by atoms with Crippen LogP contribution in [0.1, 0.15) is 24.1 Å². The molecule has 12 heteroatoms. The van der Waals surface area contributed by atoms with Gasteiger partial charge in [-0.3, -0.25) is 0 Å². The van der Waals surface area contributed by atoms with E-state index < -0.39 is 0 Å². The molecule has 4 aromatic rings. The molecule has 0 spiro atoms. The van der Waals surface area contributed by atoms with Gasteiger partial charge in [0.2, 0.25) is 5.95 Å². The van der Waals surface area contributed by atoms with Crippen molar-refractivity contribution in [2.45, 2.75) is 25.4 Å². The molecular formula is C27H25N9O3. The van der Waals surface area contributed by atoms with Crippen LogP contribution in [0.4, 0.5) is 11.8 Å². The molecule has 196 valence electrons. The number of nitriles is 1. The second-order valence-corrected chi connectivity index (χ2v) is 9.07. The summed E-state index contributed by atoms with van der Waals surface area (Å²) < 4.78 is 7.27. The highest BCUT2D eigenvalue weighted by Crippen LogP contribution is 2.26. The van der Waals surface area contributed by atoms with Crippen LogP contribution in [-0.4, -0.2) is 68.4 Å². The third-order valence-electron chi connectivity index (χ3n) is 6.37. The van der Waals surface area contributed by atoms with E-state index in [1.165, 1.54) is 6.42 Å². The van der Waals surface area contributed by atoms with Crippen molar-refractivity contribution >= 4 is 17.9 Å². The van der Waals surface area contributed by atoms with Gasteiger partial charge in [0.1, 0.15) is 11.5 Å². The number of hydrogen-bond acceptors (Lipinski definition) is 11. The number of pyridine rings is 1. The number of carbonyl (C=O) groups excluding carboxylic acids is 2. The lowest BCUT2D eigenvalue weighted by molar-refractivity contribution is -0.191. The van der Waals surface area contributed by atoms with Crippen LogP contribution in [0.5, 0.6) is 0 Å². The Balaban J connectivity index is 0.000000983. The van der Waals surface area contributed by atoms with Crippen LogP contribution in [0.2, 0.25) is 0 Å². The summed E-state index contributed by atoms with van der Waals surface area (Å²) >= 11 is 0. The van der Waals surface area contributed by atoms with Crippen LogP contribution in [0.15, 0.2) is 54.7 Å². The highest BCUT2D eigenvalue weighted by molar-refractivity contribution is 5.68. The first-order chi connectivity index (χ1) is 19.1. The number of benzene rings is 1. The van der Waals surface area contributed by atoms with E-state index in [1.807, 2.05) is 48.7 Å². The minimum absolute atomic E-state index is 0.152. The molecule has 5 heterocycles. The molecule has 6 rings (SSSR count). The molecule has 2 saturated heterocycles. The predicted molar refractivity (Wildman–Crippen MR) is 139 cm³/mol. The normalized spacial score (nSPS) is 15.9. The fraction of sp³-hybridized carbons (Fsp3) is 0.296. The number of anilines is 2. The predicted octanol–water partition coefficient (Wildman–Crippen LogP) is 2.54. The van der Waals surface area contributed by atoms with Gasteiger partial charge in [-0.1, -0.05) is 23.4 Å². The Morgan fingerprint density at radius 1 is 1.03 bits per heavy atom. The fourth-order valence-electron chi connectivity index (χ4n) is 4.31. The number of nitrogens with zero attached hydrogens (tertiary/aromatic N) is 8. The summed E-state index contributed by atoms with van der Waals surface area (Å²) in [5.74, 6) is 1.50. The van der Waals surface area contributed by atoms with Gasteiger partial charge in [-0.2, -0.15) is 14.9 Å². The number of nitrogens with one attached hydrogen (secondary N) is 1. The van der Waals surface area contributed by atoms with Crippen molar-refractivity contribution in [1.82, 2.24) is 29.9 Å². The van der Waals surface area contributed by atoms with E-state index >= 15 is 0 Å². The van der Waals surface area contributed by atoms with E-state index in [4.69, 9.17) is 29.3 Å². The first-order valence-corrected chi connectivity index (χ1v) is 12.5. The highest BCUT2D eigenvalue weighted by atomic mass is 16.5. The summed E-state index contributed by atoms with van der Waals surface area (Å²) in [6.45, 7) is 3.96. The Kier molecular flexibility index (Phi) is 7.92. The maximum Gasteiger partial charge on any atom is 0.373 e. The molecule has 0 radical (unpaired) electrons. The summed E-state index contributed by atoms with van der Waals surface area (Å²) in [7, 11) is 0. The second-order valence-electron chi connectivity index (χ2n) is 9.07. The van der Waals surface area contributed by atoms with E-state index in [1.54, 1.807) is 10.7 Å². The van der Waals surface area contributed by atoms with Crippen molar-refractivity contribution in [2.24, 2.45) is 0 Å². The Hall–Kier alpha value is -4.98. The topological polar surface area (TPSA) is 152 Å². The Morgan fingerprint density at radius 3 is 2.59 bits per heavy atom. The van der Waals surface area contributed by atoms with Crippen LogP contribution in [0.3, 0.4) is 0 Å². The Labute approximate surface area is 224 Å². The number of aromatic nitrogens is 6. The third-order valence-corrected chi connectivity index (χ3v) is 6.37. The molecule has 0 unspecified atom stereocenters.